The lowest BCUT2D eigenvalue weighted by Crippen LogP contribution is -2.30. The summed E-state index contributed by atoms with van der Waals surface area (Å²) in [5.41, 5.74) is 0. The van der Waals surface area contributed by atoms with Crippen molar-refractivity contribution in [1.82, 2.24) is 0 Å². The van der Waals surface area contributed by atoms with Crippen LogP contribution in [0.1, 0.15) is 380 Å². The molecule has 0 heterocycles. The van der Waals surface area contributed by atoms with Crippen LogP contribution < -0.4 is 0 Å². The molecule has 0 amide bonds. The molecule has 0 radical (unpaired) electrons. The normalized spacial score (nSPS) is 12.1. The second kappa shape index (κ2) is 64.4. The fraction of sp³-hybridized carbons (Fsp3) is 0.899. The highest BCUT2D eigenvalue weighted by Crippen LogP contribution is 2.18. The van der Waals surface area contributed by atoms with E-state index in [-0.39, 0.29) is 31.1 Å². The van der Waals surface area contributed by atoms with Crippen LogP contribution in [0.2, 0.25) is 0 Å². The Morgan fingerprint density at radius 1 is 0.267 bits per heavy atom. The zero-order valence-corrected chi connectivity index (χ0v) is 50.8. The van der Waals surface area contributed by atoms with Gasteiger partial charge in [0.25, 0.3) is 0 Å². The largest absolute Gasteiger partial charge is 0.462 e. The molecule has 0 spiro atoms. The Bertz CT molecular complexity index is 1210. The Balaban J connectivity index is 4.24. The fourth-order valence-electron chi connectivity index (χ4n) is 10.4. The molecule has 0 aliphatic rings. The quantitative estimate of drug-likeness (QED) is 0.0261. The molecule has 0 aromatic carbocycles. The van der Waals surface area contributed by atoms with Crippen molar-refractivity contribution in [2.24, 2.45) is 0 Å². The van der Waals surface area contributed by atoms with Gasteiger partial charge in [-0.2, -0.15) is 0 Å². The third-order valence-corrected chi connectivity index (χ3v) is 15.5. The second-order valence-electron chi connectivity index (χ2n) is 23.1. The number of hydrogen-bond acceptors (Lipinski definition) is 6. The maximum Gasteiger partial charge on any atom is 0.306 e. The highest BCUT2D eigenvalue weighted by molar-refractivity contribution is 5.71. The number of allylic oxidation sites excluding steroid dienone is 4. The minimum atomic E-state index is -0.772. The molecule has 0 N–H and O–H groups in total. The minimum Gasteiger partial charge on any atom is -0.462 e. The molecule has 1 atom stereocenters. The number of ether oxygens (including phenoxy) is 3. The van der Waals surface area contributed by atoms with Gasteiger partial charge in [-0.1, -0.05) is 334 Å². The predicted octanol–water partition coefficient (Wildman–Crippen LogP) is 23.0. The molecule has 75 heavy (non-hydrogen) atoms. The second-order valence-corrected chi connectivity index (χ2v) is 23.1. The van der Waals surface area contributed by atoms with Crippen LogP contribution in [0.5, 0.6) is 0 Å². The number of carbonyl (C=O) groups is 3. The topological polar surface area (TPSA) is 78.9 Å². The predicted molar refractivity (Wildman–Crippen MR) is 326 cm³/mol. The molecular weight excluding hydrogens is 925 g/mol. The van der Waals surface area contributed by atoms with Crippen LogP contribution in [-0.2, 0) is 28.6 Å². The Morgan fingerprint density at radius 3 is 0.747 bits per heavy atom. The monoisotopic (exact) mass is 1050 g/mol. The van der Waals surface area contributed by atoms with E-state index in [1.807, 2.05) is 0 Å². The lowest BCUT2D eigenvalue weighted by Gasteiger charge is -2.18. The summed E-state index contributed by atoms with van der Waals surface area (Å²) in [6.45, 7) is 6.69. The first-order valence-electron chi connectivity index (χ1n) is 33.8. The van der Waals surface area contributed by atoms with E-state index in [0.717, 1.165) is 70.6 Å². The van der Waals surface area contributed by atoms with Gasteiger partial charge in [-0.3, -0.25) is 14.4 Å². The van der Waals surface area contributed by atoms with Crippen LogP contribution in [-0.4, -0.2) is 37.2 Å². The third-order valence-electron chi connectivity index (χ3n) is 15.5. The van der Waals surface area contributed by atoms with E-state index in [1.54, 1.807) is 0 Å². The van der Waals surface area contributed by atoms with Crippen LogP contribution in [0.15, 0.2) is 24.3 Å². The summed E-state index contributed by atoms with van der Waals surface area (Å²) in [7, 11) is 0. The molecule has 0 aliphatic heterocycles. The minimum absolute atomic E-state index is 0.0683. The number of rotatable bonds is 63. The molecule has 6 nitrogen and oxygen atoms in total. The van der Waals surface area contributed by atoms with Crippen molar-refractivity contribution in [1.29, 1.82) is 0 Å². The average Bonchev–Trinajstić information content (AvgIpc) is 3.41. The molecule has 6 heteroatoms. The molecule has 1 unspecified atom stereocenters. The number of esters is 3. The van der Waals surface area contributed by atoms with Gasteiger partial charge in [0, 0.05) is 19.3 Å². The van der Waals surface area contributed by atoms with E-state index in [4.69, 9.17) is 14.2 Å². The van der Waals surface area contributed by atoms with E-state index in [1.165, 1.54) is 270 Å². The first kappa shape index (κ1) is 72.9. The van der Waals surface area contributed by atoms with Crippen molar-refractivity contribution in [2.45, 2.75) is 386 Å². The van der Waals surface area contributed by atoms with Gasteiger partial charge in [0.2, 0.25) is 0 Å². The van der Waals surface area contributed by atoms with E-state index >= 15 is 0 Å². The van der Waals surface area contributed by atoms with Gasteiger partial charge in [-0.05, 0) is 51.4 Å². The zero-order chi connectivity index (χ0) is 54.3. The maximum atomic E-state index is 12.9. The van der Waals surface area contributed by atoms with E-state index < -0.39 is 6.10 Å². The van der Waals surface area contributed by atoms with Gasteiger partial charge in [0.15, 0.2) is 6.10 Å². The lowest BCUT2D eigenvalue weighted by molar-refractivity contribution is -0.167. The number of carbonyl (C=O) groups excluding carboxylic acids is 3. The molecule has 0 aromatic rings. The first-order valence-corrected chi connectivity index (χ1v) is 33.8. The Labute approximate surface area is 468 Å². The van der Waals surface area contributed by atoms with E-state index in [2.05, 4.69) is 45.1 Å². The molecule has 442 valence electrons. The van der Waals surface area contributed by atoms with Crippen molar-refractivity contribution in [3.63, 3.8) is 0 Å². The lowest BCUT2D eigenvalue weighted by atomic mass is 10.0. The van der Waals surface area contributed by atoms with E-state index in [9.17, 15) is 14.4 Å². The number of hydrogen-bond donors (Lipinski definition) is 0. The van der Waals surface area contributed by atoms with Crippen molar-refractivity contribution in [2.75, 3.05) is 13.2 Å². The molecule has 0 aliphatic carbocycles. The van der Waals surface area contributed by atoms with E-state index in [0.29, 0.717) is 19.3 Å². The van der Waals surface area contributed by atoms with Crippen LogP contribution in [0.4, 0.5) is 0 Å². The third kappa shape index (κ3) is 62.6. The van der Waals surface area contributed by atoms with Crippen molar-refractivity contribution in [3.05, 3.63) is 24.3 Å². The molecule has 0 bridgehead atoms. The summed E-state index contributed by atoms with van der Waals surface area (Å²) < 4.78 is 17.0. The molecule has 0 fully saturated rings. The summed E-state index contributed by atoms with van der Waals surface area (Å²) in [4.78, 5) is 38.3. The Kier molecular flexibility index (Phi) is 62.6. The van der Waals surface area contributed by atoms with Crippen molar-refractivity contribution in [3.8, 4) is 0 Å². The summed E-state index contributed by atoms with van der Waals surface area (Å²) in [5.74, 6) is -0.846. The highest BCUT2D eigenvalue weighted by atomic mass is 16.6. The smallest absolute Gasteiger partial charge is 0.306 e. The average molecular weight is 1060 g/mol. The summed E-state index contributed by atoms with van der Waals surface area (Å²) in [5, 5.41) is 0. The van der Waals surface area contributed by atoms with Gasteiger partial charge in [-0.15, -0.1) is 0 Å². The fourth-order valence-corrected chi connectivity index (χ4v) is 10.4. The standard InChI is InChI=1S/C69H130O6/c1-4-7-10-13-16-19-22-25-28-30-32-33-34-35-36-37-38-40-41-44-47-50-53-56-59-62-68(71)74-65-66(64-73-67(70)61-58-55-52-49-46-43-27-24-21-18-15-12-9-6-3)75-69(72)63-60-57-54-51-48-45-42-39-31-29-26-23-20-17-14-11-8-5-2/h20,23,29,31,66H,4-19,21-22,24-28,30,32-65H2,1-3H3/b23-20-,31-29-. The van der Waals surface area contributed by atoms with Crippen LogP contribution in [0.3, 0.4) is 0 Å². The van der Waals surface area contributed by atoms with Crippen LogP contribution in [0, 0.1) is 0 Å². The molecule has 0 aromatic heterocycles. The zero-order valence-electron chi connectivity index (χ0n) is 50.8. The summed E-state index contributed by atoms with van der Waals surface area (Å²) >= 11 is 0. The Morgan fingerprint density at radius 2 is 0.480 bits per heavy atom. The molecule has 0 rings (SSSR count). The molecular formula is C69H130O6. The molecule has 0 saturated heterocycles. The SMILES string of the molecule is CCCCCC/C=C\C/C=C\CCCCCCCCCC(=O)OC(COC(=O)CCCCCCCCCCCCCCCC)COC(=O)CCCCCCCCCCCCCCCCCCCCCCCCCCC. The Hall–Kier alpha value is -2.11. The van der Waals surface area contributed by atoms with Crippen LogP contribution in [0.25, 0.3) is 0 Å². The maximum absolute atomic E-state index is 12.9. The van der Waals surface area contributed by atoms with Gasteiger partial charge in [-0.25, -0.2) is 0 Å². The first-order chi connectivity index (χ1) is 37.0. The number of unbranched alkanes of at least 4 members (excludes halogenated alkanes) is 48. The van der Waals surface area contributed by atoms with Crippen molar-refractivity contribution < 1.29 is 28.6 Å². The van der Waals surface area contributed by atoms with Gasteiger partial charge in [0.1, 0.15) is 13.2 Å². The summed E-state index contributed by atoms with van der Waals surface area (Å²) in [6, 6.07) is 0. The summed E-state index contributed by atoms with van der Waals surface area (Å²) in [6.07, 6.45) is 77.7. The van der Waals surface area contributed by atoms with Crippen molar-refractivity contribution >= 4 is 17.9 Å². The van der Waals surface area contributed by atoms with Gasteiger partial charge >= 0.3 is 17.9 Å². The highest BCUT2D eigenvalue weighted by Gasteiger charge is 2.19. The van der Waals surface area contributed by atoms with Gasteiger partial charge in [0.05, 0.1) is 0 Å². The van der Waals surface area contributed by atoms with Crippen LogP contribution >= 0.6 is 0 Å². The molecule has 0 saturated carbocycles. The van der Waals surface area contributed by atoms with Gasteiger partial charge < -0.3 is 14.2 Å².